The molecule has 4 aromatic rings. The first kappa shape index (κ1) is 23.5. The molecular formula is C27H25FN4O4. The molecule has 3 aromatic carbocycles. The number of benzene rings is 3. The van der Waals surface area contributed by atoms with Crippen molar-refractivity contribution in [1.82, 2.24) is 14.5 Å². The van der Waals surface area contributed by atoms with Gasteiger partial charge in [0.15, 0.2) is 11.6 Å². The molecule has 9 heteroatoms. The van der Waals surface area contributed by atoms with E-state index in [0.29, 0.717) is 17.7 Å². The van der Waals surface area contributed by atoms with Crippen molar-refractivity contribution in [2.75, 3.05) is 12.3 Å². The van der Waals surface area contributed by atoms with E-state index in [1.807, 2.05) is 60.7 Å². The zero-order valence-corrected chi connectivity index (χ0v) is 19.3. The van der Waals surface area contributed by atoms with Crippen LogP contribution in [0.4, 0.5) is 10.3 Å². The lowest BCUT2D eigenvalue weighted by atomic mass is 9.97. The second kappa shape index (κ2) is 9.80. The minimum Gasteiger partial charge on any atom is -0.508 e. The number of fused-ring (bicyclic) bond motifs is 1. The van der Waals surface area contributed by atoms with Gasteiger partial charge in [-0.05, 0) is 29.7 Å². The zero-order chi connectivity index (χ0) is 25.2. The number of nitrogens with zero attached hydrogens (tertiary/aromatic N) is 3. The molecule has 0 saturated carbocycles. The van der Waals surface area contributed by atoms with E-state index in [2.05, 4.69) is 4.98 Å². The number of phenols is 1. The Kier molecular flexibility index (Phi) is 6.41. The number of nitrogens with two attached hydrogens (primary N) is 1. The maximum atomic E-state index is 14.0. The van der Waals surface area contributed by atoms with Crippen LogP contribution in [0, 0.1) is 5.82 Å². The molecule has 1 aliphatic rings. The topological polar surface area (TPSA) is 114 Å². The summed E-state index contributed by atoms with van der Waals surface area (Å²) in [5, 5.41) is 19.9. The van der Waals surface area contributed by atoms with Gasteiger partial charge in [0, 0.05) is 24.7 Å². The second-order valence-electron chi connectivity index (χ2n) is 8.57. The SMILES string of the molecule is Nc1nc2c(c(=O)n1C(c1ccccc1)c1ccccc1)CCN(C(O)Oc1ccc(O)cc1F)C2. The van der Waals surface area contributed by atoms with Gasteiger partial charge in [-0.3, -0.25) is 9.36 Å². The third-order valence-corrected chi connectivity index (χ3v) is 6.27. The van der Waals surface area contributed by atoms with Gasteiger partial charge in [0.1, 0.15) is 5.75 Å². The Morgan fingerprint density at radius 1 is 1.00 bits per heavy atom. The van der Waals surface area contributed by atoms with Crippen LogP contribution in [0.25, 0.3) is 0 Å². The van der Waals surface area contributed by atoms with Gasteiger partial charge in [-0.1, -0.05) is 60.7 Å². The molecule has 4 N–H and O–H groups in total. The third-order valence-electron chi connectivity index (χ3n) is 6.27. The monoisotopic (exact) mass is 488 g/mol. The zero-order valence-electron chi connectivity index (χ0n) is 19.3. The average Bonchev–Trinajstić information content (AvgIpc) is 2.88. The first-order valence-corrected chi connectivity index (χ1v) is 11.5. The number of ether oxygens (including phenoxy) is 1. The largest absolute Gasteiger partial charge is 0.508 e. The van der Waals surface area contributed by atoms with E-state index in [1.54, 1.807) is 0 Å². The second-order valence-corrected chi connectivity index (χ2v) is 8.57. The molecule has 0 radical (unpaired) electrons. The fourth-order valence-electron chi connectivity index (χ4n) is 4.51. The molecule has 0 bridgehead atoms. The summed E-state index contributed by atoms with van der Waals surface area (Å²) in [6.45, 7) is 0.383. The first-order chi connectivity index (χ1) is 17.4. The number of nitrogen functional groups attached to an aromatic ring is 1. The highest BCUT2D eigenvalue weighted by atomic mass is 19.1. The average molecular weight is 489 g/mol. The Morgan fingerprint density at radius 2 is 1.64 bits per heavy atom. The van der Waals surface area contributed by atoms with Crippen molar-refractivity contribution in [2.45, 2.75) is 25.4 Å². The molecule has 1 atom stereocenters. The Hall–Kier alpha value is -4.21. The number of aromatic hydroxyl groups is 1. The van der Waals surface area contributed by atoms with Crippen LogP contribution < -0.4 is 16.0 Å². The summed E-state index contributed by atoms with van der Waals surface area (Å²) >= 11 is 0. The summed E-state index contributed by atoms with van der Waals surface area (Å²) in [5.74, 6) is -1.20. The lowest BCUT2D eigenvalue weighted by molar-refractivity contribution is -0.143. The van der Waals surface area contributed by atoms with E-state index in [4.69, 9.17) is 10.5 Å². The first-order valence-electron chi connectivity index (χ1n) is 11.5. The molecule has 1 unspecified atom stereocenters. The Morgan fingerprint density at radius 3 is 2.25 bits per heavy atom. The number of aliphatic hydroxyl groups is 1. The summed E-state index contributed by atoms with van der Waals surface area (Å²) in [6.07, 6.45) is -1.18. The summed E-state index contributed by atoms with van der Waals surface area (Å²) in [7, 11) is 0. The Balaban J connectivity index is 1.47. The lowest BCUT2D eigenvalue weighted by Gasteiger charge is -2.32. The number of rotatable bonds is 6. The number of phenolic OH excluding ortho intramolecular Hbond substituents is 1. The highest BCUT2D eigenvalue weighted by Crippen LogP contribution is 2.29. The Bertz CT molecular complexity index is 1390. The van der Waals surface area contributed by atoms with Crippen LogP contribution in [0.3, 0.4) is 0 Å². The van der Waals surface area contributed by atoms with E-state index in [0.717, 1.165) is 17.2 Å². The quantitative estimate of drug-likeness (QED) is 0.358. The summed E-state index contributed by atoms with van der Waals surface area (Å²) in [5.41, 5.74) is 8.88. The van der Waals surface area contributed by atoms with Gasteiger partial charge in [0.05, 0.1) is 11.7 Å². The summed E-state index contributed by atoms with van der Waals surface area (Å²) < 4.78 is 20.9. The van der Waals surface area contributed by atoms with Gasteiger partial charge in [0.2, 0.25) is 5.95 Å². The summed E-state index contributed by atoms with van der Waals surface area (Å²) in [4.78, 5) is 19.8. The van der Waals surface area contributed by atoms with Crippen molar-refractivity contribution in [1.29, 1.82) is 0 Å². The van der Waals surface area contributed by atoms with Gasteiger partial charge >= 0.3 is 0 Å². The maximum Gasteiger partial charge on any atom is 0.260 e. The standard InChI is InChI=1S/C27H25FN4O4/c28-21-15-19(33)11-12-23(21)36-27(35)31-14-13-20-22(16-31)30-26(29)32(25(20)34)24(17-7-3-1-4-8-17)18-9-5-2-6-10-18/h1-12,15,24,27,33,35H,13-14,16H2,(H2,29,30). The van der Waals surface area contributed by atoms with E-state index < -0.39 is 18.3 Å². The predicted octanol–water partition coefficient (Wildman–Crippen LogP) is 3.02. The number of anilines is 1. The van der Waals surface area contributed by atoms with E-state index in [1.165, 1.54) is 21.6 Å². The van der Waals surface area contributed by atoms with Crippen LogP contribution in [0.1, 0.15) is 28.4 Å². The normalized spacial score (nSPS) is 14.4. The highest BCUT2D eigenvalue weighted by molar-refractivity contribution is 5.39. The molecule has 0 aliphatic carbocycles. The third kappa shape index (κ3) is 4.53. The molecule has 0 saturated heterocycles. The fourth-order valence-corrected chi connectivity index (χ4v) is 4.51. The van der Waals surface area contributed by atoms with Crippen LogP contribution in [-0.4, -0.2) is 37.6 Å². The molecule has 0 amide bonds. The molecule has 0 fully saturated rings. The van der Waals surface area contributed by atoms with Gasteiger partial charge in [0.25, 0.3) is 12.0 Å². The number of halogens is 1. The number of hydrogen-bond acceptors (Lipinski definition) is 7. The minimum absolute atomic E-state index is 0.0540. The molecule has 1 aromatic heterocycles. The predicted molar refractivity (Wildman–Crippen MR) is 132 cm³/mol. The number of aromatic nitrogens is 2. The molecular weight excluding hydrogens is 463 g/mol. The minimum atomic E-state index is -1.48. The molecule has 1 aliphatic heterocycles. The number of hydrogen-bond donors (Lipinski definition) is 3. The van der Waals surface area contributed by atoms with Crippen molar-refractivity contribution in [2.24, 2.45) is 0 Å². The molecule has 36 heavy (non-hydrogen) atoms. The molecule has 5 rings (SSSR count). The van der Waals surface area contributed by atoms with Crippen LogP contribution in [0.2, 0.25) is 0 Å². The van der Waals surface area contributed by atoms with Gasteiger partial charge < -0.3 is 20.7 Å². The molecule has 8 nitrogen and oxygen atoms in total. The maximum absolute atomic E-state index is 14.0. The molecule has 0 spiro atoms. The van der Waals surface area contributed by atoms with Crippen molar-refractivity contribution >= 4 is 5.95 Å². The van der Waals surface area contributed by atoms with Crippen LogP contribution in [-0.2, 0) is 13.0 Å². The molecule has 2 heterocycles. The van der Waals surface area contributed by atoms with Crippen molar-refractivity contribution in [3.05, 3.63) is 117 Å². The van der Waals surface area contributed by atoms with Crippen molar-refractivity contribution < 1.29 is 19.3 Å². The van der Waals surface area contributed by atoms with Crippen LogP contribution in [0.15, 0.2) is 83.7 Å². The number of aliphatic hydroxyl groups excluding tert-OH is 1. The summed E-state index contributed by atoms with van der Waals surface area (Å²) in [6, 6.07) is 22.2. The van der Waals surface area contributed by atoms with Crippen LogP contribution in [0.5, 0.6) is 11.5 Å². The van der Waals surface area contributed by atoms with Gasteiger partial charge in [-0.2, -0.15) is 0 Å². The van der Waals surface area contributed by atoms with Crippen molar-refractivity contribution in [3.8, 4) is 11.5 Å². The van der Waals surface area contributed by atoms with E-state index in [-0.39, 0.29) is 36.1 Å². The Labute approximate surface area is 206 Å². The fraction of sp³-hybridized carbons (Fsp3) is 0.185. The smallest absolute Gasteiger partial charge is 0.260 e. The molecule has 184 valence electrons. The van der Waals surface area contributed by atoms with E-state index >= 15 is 0 Å². The van der Waals surface area contributed by atoms with Crippen molar-refractivity contribution in [3.63, 3.8) is 0 Å². The highest BCUT2D eigenvalue weighted by Gasteiger charge is 2.30. The van der Waals surface area contributed by atoms with E-state index in [9.17, 15) is 19.4 Å². The van der Waals surface area contributed by atoms with Gasteiger partial charge in [-0.15, -0.1) is 0 Å². The lowest BCUT2D eigenvalue weighted by Crippen LogP contribution is -2.45. The van der Waals surface area contributed by atoms with Gasteiger partial charge in [-0.25, -0.2) is 14.3 Å². The van der Waals surface area contributed by atoms with Crippen LogP contribution >= 0.6 is 0 Å².